The molecule has 0 saturated heterocycles. The van der Waals surface area contributed by atoms with Gasteiger partial charge in [0.2, 0.25) is 5.91 Å². The number of benzene rings is 1. The van der Waals surface area contributed by atoms with Crippen LogP contribution >= 0.6 is 27.5 Å². The van der Waals surface area contributed by atoms with E-state index in [-0.39, 0.29) is 5.91 Å². The van der Waals surface area contributed by atoms with Gasteiger partial charge in [-0.2, -0.15) is 5.26 Å². The summed E-state index contributed by atoms with van der Waals surface area (Å²) < 4.78 is 0.707. The monoisotopic (exact) mass is 356 g/mol. The van der Waals surface area contributed by atoms with Crippen LogP contribution in [0.4, 0.5) is 5.69 Å². The van der Waals surface area contributed by atoms with E-state index in [0.717, 1.165) is 12.8 Å². The van der Waals surface area contributed by atoms with Gasteiger partial charge < -0.3 is 5.32 Å². The lowest BCUT2D eigenvalue weighted by Crippen LogP contribution is -2.35. The second-order valence-corrected chi connectivity index (χ2v) is 6.06. The van der Waals surface area contributed by atoms with Crippen LogP contribution < -0.4 is 5.32 Å². The van der Waals surface area contributed by atoms with Crippen molar-refractivity contribution in [2.24, 2.45) is 5.41 Å². The number of hydrogen-bond acceptors (Lipinski definition) is 2. The maximum Gasteiger partial charge on any atom is 0.244 e. The molecule has 1 aromatic carbocycles. The van der Waals surface area contributed by atoms with Crippen LogP contribution in [-0.2, 0) is 4.79 Å². The third-order valence-electron chi connectivity index (χ3n) is 3.18. The molecule has 1 aromatic rings. The van der Waals surface area contributed by atoms with Gasteiger partial charge in [-0.25, -0.2) is 0 Å². The first-order valence-corrected chi connectivity index (χ1v) is 7.84. The highest BCUT2D eigenvalue weighted by molar-refractivity contribution is 9.10. The van der Waals surface area contributed by atoms with Crippen LogP contribution in [-0.4, -0.2) is 5.91 Å². The van der Waals surface area contributed by atoms with Crippen molar-refractivity contribution in [3.63, 3.8) is 0 Å². The van der Waals surface area contributed by atoms with Crippen LogP contribution in [0, 0.1) is 16.7 Å². The summed E-state index contributed by atoms with van der Waals surface area (Å²) in [5.41, 5.74) is -0.325. The number of nitriles is 1. The number of nitrogens with zero attached hydrogens (tertiary/aromatic N) is 1. The number of hydrogen-bond donors (Lipinski definition) is 1. The van der Waals surface area contributed by atoms with Gasteiger partial charge in [-0.3, -0.25) is 4.79 Å². The molecule has 0 fully saturated rings. The summed E-state index contributed by atoms with van der Waals surface area (Å²) in [6, 6.07) is 7.36. The normalized spacial score (nSPS) is 10.9. The highest BCUT2D eigenvalue weighted by Gasteiger charge is 2.37. The highest BCUT2D eigenvalue weighted by atomic mass is 79.9. The third-order valence-corrected chi connectivity index (χ3v) is 4.07. The van der Waals surface area contributed by atoms with Crippen LogP contribution in [0.2, 0.25) is 5.02 Å². The smallest absolute Gasteiger partial charge is 0.244 e. The molecule has 0 unspecified atom stereocenters. The van der Waals surface area contributed by atoms with Gasteiger partial charge in [-0.05, 0) is 47.0 Å². The van der Waals surface area contributed by atoms with Gasteiger partial charge in [0.1, 0.15) is 5.41 Å². The number of halogens is 2. The molecule has 20 heavy (non-hydrogen) atoms. The molecular weight excluding hydrogens is 340 g/mol. The summed E-state index contributed by atoms with van der Waals surface area (Å²) >= 11 is 9.24. The number of amides is 1. The first-order valence-electron chi connectivity index (χ1n) is 6.67. The molecular formula is C15H18BrClN2O. The largest absolute Gasteiger partial charge is 0.324 e. The Morgan fingerprint density at radius 3 is 2.45 bits per heavy atom. The van der Waals surface area contributed by atoms with E-state index in [1.165, 1.54) is 0 Å². The molecule has 1 rings (SSSR count). The van der Waals surface area contributed by atoms with E-state index in [0.29, 0.717) is 28.0 Å². The summed E-state index contributed by atoms with van der Waals surface area (Å²) in [5.74, 6) is -0.244. The van der Waals surface area contributed by atoms with Crippen LogP contribution in [0.1, 0.15) is 39.5 Å². The van der Waals surface area contributed by atoms with Crippen molar-refractivity contribution in [3.05, 3.63) is 27.7 Å². The predicted octanol–water partition coefficient (Wildman–Crippen LogP) is 5.15. The van der Waals surface area contributed by atoms with Crippen molar-refractivity contribution in [1.29, 1.82) is 5.26 Å². The van der Waals surface area contributed by atoms with E-state index in [1.54, 1.807) is 18.2 Å². The van der Waals surface area contributed by atoms with Crippen molar-refractivity contribution in [3.8, 4) is 6.07 Å². The zero-order valence-corrected chi connectivity index (χ0v) is 14.0. The summed E-state index contributed by atoms with van der Waals surface area (Å²) in [6.07, 6.45) is 2.72. The standard InChI is InChI=1S/C15H18BrClN2O/c1-3-7-15(10-18,8-4-2)14(20)19-13-6-5-11(17)9-12(13)16/h5-6,9H,3-4,7-8H2,1-2H3,(H,19,20). The zero-order chi connectivity index (χ0) is 15.2. The van der Waals surface area contributed by atoms with Crippen LogP contribution in [0.25, 0.3) is 0 Å². The van der Waals surface area contributed by atoms with Gasteiger partial charge in [0.25, 0.3) is 0 Å². The first-order chi connectivity index (χ1) is 9.49. The van der Waals surface area contributed by atoms with Crippen molar-refractivity contribution in [2.75, 3.05) is 5.32 Å². The molecule has 3 nitrogen and oxygen atoms in total. The number of nitrogens with one attached hydrogen (secondary N) is 1. The molecule has 0 aliphatic heterocycles. The number of anilines is 1. The van der Waals surface area contributed by atoms with Crippen molar-refractivity contribution < 1.29 is 4.79 Å². The Hall–Kier alpha value is -1.05. The predicted molar refractivity (Wildman–Crippen MR) is 85.6 cm³/mol. The fourth-order valence-electron chi connectivity index (χ4n) is 2.20. The average molecular weight is 358 g/mol. The quantitative estimate of drug-likeness (QED) is 0.765. The van der Waals surface area contributed by atoms with Gasteiger partial charge in [-0.1, -0.05) is 38.3 Å². The molecule has 0 bridgehead atoms. The van der Waals surface area contributed by atoms with E-state index in [9.17, 15) is 10.1 Å². The van der Waals surface area contributed by atoms with Gasteiger partial charge in [0.05, 0.1) is 11.8 Å². The molecule has 0 heterocycles. The Morgan fingerprint density at radius 2 is 2.00 bits per heavy atom. The fourth-order valence-corrected chi connectivity index (χ4v) is 2.98. The zero-order valence-electron chi connectivity index (χ0n) is 11.7. The molecule has 0 radical (unpaired) electrons. The summed E-state index contributed by atoms with van der Waals surface area (Å²) in [6.45, 7) is 3.96. The van der Waals surface area contributed by atoms with Crippen LogP contribution in [0.5, 0.6) is 0 Å². The maximum absolute atomic E-state index is 12.5. The molecule has 1 N–H and O–H groups in total. The van der Waals surface area contributed by atoms with E-state index in [2.05, 4.69) is 27.3 Å². The maximum atomic E-state index is 12.5. The minimum absolute atomic E-state index is 0.244. The molecule has 1 amide bonds. The first kappa shape index (κ1) is 17.0. The van der Waals surface area contributed by atoms with E-state index in [1.807, 2.05) is 13.8 Å². The molecule has 108 valence electrons. The topological polar surface area (TPSA) is 52.9 Å². The minimum atomic E-state index is -0.956. The van der Waals surface area contributed by atoms with Gasteiger partial charge in [0.15, 0.2) is 0 Å². The molecule has 0 spiro atoms. The number of carbonyl (C=O) groups is 1. The average Bonchev–Trinajstić information content (AvgIpc) is 2.41. The minimum Gasteiger partial charge on any atom is -0.324 e. The molecule has 0 saturated carbocycles. The summed E-state index contributed by atoms with van der Waals surface area (Å²) in [4.78, 5) is 12.5. The van der Waals surface area contributed by atoms with Crippen molar-refractivity contribution in [1.82, 2.24) is 0 Å². The number of carbonyl (C=O) groups excluding carboxylic acids is 1. The van der Waals surface area contributed by atoms with Gasteiger partial charge in [0, 0.05) is 9.50 Å². The molecule has 0 aliphatic rings. The van der Waals surface area contributed by atoms with Crippen LogP contribution in [0.3, 0.4) is 0 Å². The Bertz CT molecular complexity index is 519. The van der Waals surface area contributed by atoms with E-state index < -0.39 is 5.41 Å². The fraction of sp³-hybridized carbons (Fsp3) is 0.467. The van der Waals surface area contributed by atoms with E-state index in [4.69, 9.17) is 11.6 Å². The second-order valence-electron chi connectivity index (χ2n) is 4.77. The lowest BCUT2D eigenvalue weighted by Gasteiger charge is -2.24. The number of rotatable bonds is 6. The lowest BCUT2D eigenvalue weighted by atomic mass is 9.79. The third kappa shape index (κ3) is 3.97. The lowest BCUT2D eigenvalue weighted by molar-refractivity contribution is -0.123. The summed E-state index contributed by atoms with van der Waals surface area (Å²) in [7, 11) is 0. The SMILES string of the molecule is CCCC(C#N)(CCC)C(=O)Nc1ccc(Cl)cc1Br. The summed E-state index contributed by atoms with van der Waals surface area (Å²) in [5, 5.41) is 12.9. The Balaban J connectivity index is 2.99. The molecule has 5 heteroatoms. The van der Waals surface area contributed by atoms with Gasteiger partial charge in [-0.15, -0.1) is 0 Å². The van der Waals surface area contributed by atoms with Gasteiger partial charge >= 0.3 is 0 Å². The Kier molecular flexibility index (Phi) is 6.51. The van der Waals surface area contributed by atoms with Crippen LogP contribution in [0.15, 0.2) is 22.7 Å². The molecule has 0 atom stereocenters. The molecule has 0 aliphatic carbocycles. The second kappa shape index (κ2) is 7.66. The Morgan fingerprint density at radius 1 is 1.40 bits per heavy atom. The van der Waals surface area contributed by atoms with Crippen molar-refractivity contribution >= 4 is 39.1 Å². The molecule has 0 aromatic heterocycles. The van der Waals surface area contributed by atoms with E-state index >= 15 is 0 Å². The Labute approximate surface area is 133 Å². The van der Waals surface area contributed by atoms with Crippen molar-refractivity contribution in [2.45, 2.75) is 39.5 Å². The highest BCUT2D eigenvalue weighted by Crippen LogP contribution is 2.33.